The lowest BCUT2D eigenvalue weighted by molar-refractivity contribution is -0.174. The number of halogens is 1. The molecule has 0 radical (unpaired) electrons. The second kappa shape index (κ2) is 13.3. The van der Waals surface area contributed by atoms with Gasteiger partial charge in [-0.25, -0.2) is 4.39 Å². The Balaban J connectivity index is 2.50. The molecule has 0 saturated carbocycles. The number of carbonyl (C=O) groups is 2. The van der Waals surface area contributed by atoms with E-state index in [-0.39, 0.29) is 25.0 Å². The Hall–Kier alpha value is -1.91. The zero-order valence-corrected chi connectivity index (χ0v) is 17.6. The summed E-state index contributed by atoms with van der Waals surface area (Å²) in [6, 6.07) is 6.12. The number of carbonyl (C=O) groups excluding carboxylic acids is 2. The SMILES string of the molecule is CCCCCCCCCOC(=O)C(CC)(CC)C(=O)OCc1ccccc1F. The van der Waals surface area contributed by atoms with Gasteiger partial charge in [0.15, 0.2) is 5.41 Å². The van der Waals surface area contributed by atoms with Crippen LogP contribution in [0, 0.1) is 11.2 Å². The molecule has 4 nitrogen and oxygen atoms in total. The lowest BCUT2D eigenvalue weighted by Crippen LogP contribution is -2.41. The van der Waals surface area contributed by atoms with E-state index in [0.717, 1.165) is 19.3 Å². The molecule has 0 aliphatic carbocycles. The quantitative estimate of drug-likeness (QED) is 0.222. The zero-order valence-electron chi connectivity index (χ0n) is 17.6. The second-order valence-electron chi connectivity index (χ2n) is 7.21. The molecule has 28 heavy (non-hydrogen) atoms. The third kappa shape index (κ3) is 7.25. The van der Waals surface area contributed by atoms with Crippen LogP contribution in [-0.4, -0.2) is 18.5 Å². The van der Waals surface area contributed by atoms with E-state index in [1.807, 2.05) is 0 Å². The number of ether oxygens (including phenoxy) is 2. The molecule has 5 heteroatoms. The van der Waals surface area contributed by atoms with Crippen molar-refractivity contribution in [3.63, 3.8) is 0 Å². The third-order valence-corrected chi connectivity index (χ3v) is 5.29. The maximum Gasteiger partial charge on any atom is 0.323 e. The van der Waals surface area contributed by atoms with Gasteiger partial charge in [0.25, 0.3) is 0 Å². The van der Waals surface area contributed by atoms with Gasteiger partial charge in [-0.15, -0.1) is 0 Å². The van der Waals surface area contributed by atoms with Crippen LogP contribution in [0.3, 0.4) is 0 Å². The van der Waals surface area contributed by atoms with E-state index in [2.05, 4.69) is 6.92 Å². The van der Waals surface area contributed by atoms with E-state index < -0.39 is 23.2 Å². The van der Waals surface area contributed by atoms with Crippen molar-refractivity contribution in [3.05, 3.63) is 35.6 Å². The van der Waals surface area contributed by atoms with Gasteiger partial charge in [-0.1, -0.05) is 77.5 Å². The Kier molecular flexibility index (Phi) is 11.5. The van der Waals surface area contributed by atoms with Crippen molar-refractivity contribution >= 4 is 11.9 Å². The van der Waals surface area contributed by atoms with Gasteiger partial charge in [-0.05, 0) is 25.3 Å². The van der Waals surface area contributed by atoms with Gasteiger partial charge in [0.05, 0.1) is 6.61 Å². The first-order valence-corrected chi connectivity index (χ1v) is 10.6. The first-order chi connectivity index (χ1) is 13.5. The summed E-state index contributed by atoms with van der Waals surface area (Å²) in [5, 5.41) is 0. The summed E-state index contributed by atoms with van der Waals surface area (Å²) < 4.78 is 24.4. The highest BCUT2D eigenvalue weighted by Gasteiger charge is 2.45. The van der Waals surface area contributed by atoms with Crippen LogP contribution in [0.2, 0.25) is 0 Å². The van der Waals surface area contributed by atoms with Gasteiger partial charge in [-0.3, -0.25) is 9.59 Å². The molecule has 0 amide bonds. The molecular weight excluding hydrogens is 359 g/mol. The molecule has 1 aromatic rings. The van der Waals surface area contributed by atoms with Gasteiger partial charge in [0, 0.05) is 5.56 Å². The lowest BCUT2D eigenvalue weighted by atomic mass is 9.82. The first kappa shape index (κ1) is 24.1. The van der Waals surface area contributed by atoms with Crippen LogP contribution >= 0.6 is 0 Å². The Morgan fingerprint density at radius 2 is 1.43 bits per heavy atom. The first-order valence-electron chi connectivity index (χ1n) is 10.6. The predicted molar refractivity (Wildman–Crippen MR) is 108 cm³/mol. The highest BCUT2D eigenvalue weighted by Crippen LogP contribution is 2.31. The average Bonchev–Trinajstić information content (AvgIpc) is 2.70. The molecule has 158 valence electrons. The van der Waals surface area contributed by atoms with Crippen molar-refractivity contribution < 1.29 is 23.5 Å². The summed E-state index contributed by atoms with van der Waals surface area (Å²) in [5.74, 6) is -1.62. The Labute approximate surface area is 168 Å². The lowest BCUT2D eigenvalue weighted by Gasteiger charge is -2.27. The molecule has 1 rings (SSSR count). The fraction of sp³-hybridized carbons (Fsp3) is 0.652. The summed E-state index contributed by atoms with van der Waals surface area (Å²) in [7, 11) is 0. The van der Waals surface area contributed by atoms with Crippen LogP contribution in [0.15, 0.2) is 24.3 Å². The molecule has 1 aromatic carbocycles. The molecule has 0 atom stereocenters. The molecular formula is C23H35FO4. The summed E-state index contributed by atoms with van der Waals surface area (Å²) in [6.07, 6.45) is 8.46. The van der Waals surface area contributed by atoms with Gasteiger partial charge in [0.2, 0.25) is 0 Å². The monoisotopic (exact) mass is 394 g/mol. The van der Waals surface area contributed by atoms with Crippen molar-refractivity contribution in [3.8, 4) is 0 Å². The summed E-state index contributed by atoms with van der Waals surface area (Å²) >= 11 is 0. The molecule has 0 spiro atoms. The van der Waals surface area contributed by atoms with Crippen LogP contribution in [-0.2, 0) is 25.7 Å². The van der Waals surface area contributed by atoms with E-state index in [9.17, 15) is 14.0 Å². The molecule has 0 aliphatic heterocycles. The van der Waals surface area contributed by atoms with Crippen molar-refractivity contribution in [2.45, 2.75) is 85.2 Å². The number of esters is 2. The summed E-state index contributed by atoms with van der Waals surface area (Å²) in [6.45, 7) is 5.84. The van der Waals surface area contributed by atoms with E-state index in [1.54, 1.807) is 32.0 Å². The van der Waals surface area contributed by atoms with Crippen molar-refractivity contribution in [1.82, 2.24) is 0 Å². The fourth-order valence-electron chi connectivity index (χ4n) is 3.17. The summed E-state index contributed by atoms with van der Waals surface area (Å²) in [4.78, 5) is 25.3. The van der Waals surface area contributed by atoms with Crippen LogP contribution in [0.25, 0.3) is 0 Å². The predicted octanol–water partition coefficient (Wildman–Crippen LogP) is 5.97. The minimum Gasteiger partial charge on any atom is -0.465 e. The maximum atomic E-state index is 13.7. The van der Waals surface area contributed by atoms with Crippen LogP contribution in [0.4, 0.5) is 4.39 Å². The molecule has 0 bridgehead atoms. The molecule has 0 N–H and O–H groups in total. The maximum absolute atomic E-state index is 13.7. The molecule has 0 aliphatic rings. The Morgan fingerprint density at radius 3 is 2.04 bits per heavy atom. The second-order valence-corrected chi connectivity index (χ2v) is 7.21. The van der Waals surface area contributed by atoms with Crippen molar-refractivity contribution in [1.29, 1.82) is 0 Å². The Bertz CT molecular complexity index is 596. The van der Waals surface area contributed by atoms with Gasteiger partial charge < -0.3 is 9.47 Å². The number of benzene rings is 1. The van der Waals surface area contributed by atoms with E-state index >= 15 is 0 Å². The van der Waals surface area contributed by atoms with Crippen molar-refractivity contribution in [2.75, 3.05) is 6.61 Å². The van der Waals surface area contributed by atoms with E-state index in [0.29, 0.717) is 6.61 Å². The van der Waals surface area contributed by atoms with E-state index in [4.69, 9.17) is 9.47 Å². The highest BCUT2D eigenvalue weighted by atomic mass is 19.1. The van der Waals surface area contributed by atoms with Gasteiger partial charge in [-0.2, -0.15) is 0 Å². The average molecular weight is 395 g/mol. The minimum absolute atomic E-state index is 0.196. The number of rotatable bonds is 14. The Morgan fingerprint density at radius 1 is 0.857 bits per heavy atom. The van der Waals surface area contributed by atoms with Crippen LogP contribution in [0.5, 0.6) is 0 Å². The third-order valence-electron chi connectivity index (χ3n) is 5.29. The minimum atomic E-state index is -1.33. The summed E-state index contributed by atoms with van der Waals surface area (Å²) in [5.41, 5.74) is -1.04. The molecule has 0 heterocycles. The molecule has 0 aromatic heterocycles. The molecule has 0 fully saturated rings. The van der Waals surface area contributed by atoms with E-state index in [1.165, 1.54) is 31.7 Å². The van der Waals surface area contributed by atoms with Gasteiger partial charge >= 0.3 is 11.9 Å². The molecule has 0 unspecified atom stereocenters. The van der Waals surface area contributed by atoms with Crippen LogP contribution < -0.4 is 0 Å². The number of hydrogen-bond donors (Lipinski definition) is 0. The fourth-order valence-corrected chi connectivity index (χ4v) is 3.17. The molecule has 0 saturated heterocycles. The number of hydrogen-bond acceptors (Lipinski definition) is 4. The number of unbranched alkanes of at least 4 members (excludes halogenated alkanes) is 6. The topological polar surface area (TPSA) is 52.6 Å². The smallest absolute Gasteiger partial charge is 0.323 e. The highest BCUT2D eigenvalue weighted by molar-refractivity contribution is 5.99. The van der Waals surface area contributed by atoms with Crippen molar-refractivity contribution in [2.24, 2.45) is 5.41 Å². The normalized spacial score (nSPS) is 11.3. The van der Waals surface area contributed by atoms with Crippen LogP contribution in [0.1, 0.15) is 84.1 Å². The van der Waals surface area contributed by atoms with Gasteiger partial charge in [0.1, 0.15) is 12.4 Å². The largest absolute Gasteiger partial charge is 0.465 e. The zero-order chi connectivity index (χ0) is 20.8. The standard InChI is InChI=1S/C23H35FO4/c1-4-7-8-9-10-11-14-17-27-21(25)23(5-2,6-3)22(26)28-18-19-15-12-13-16-20(19)24/h12-13,15-16H,4-11,14,17-18H2,1-3H3.